The van der Waals surface area contributed by atoms with Crippen LogP contribution in [0, 0.1) is 10.1 Å². The van der Waals surface area contributed by atoms with Crippen molar-refractivity contribution < 1.29 is 4.92 Å². The summed E-state index contributed by atoms with van der Waals surface area (Å²) >= 11 is 1.41. The fraction of sp³-hybridized carbons (Fsp3) is 0.615. The predicted molar refractivity (Wildman–Crippen MR) is 81.6 cm³/mol. The molecule has 0 aliphatic rings. The normalized spacial score (nSPS) is 12.7. The summed E-state index contributed by atoms with van der Waals surface area (Å²) in [5, 5.41) is 16.3. The Bertz CT molecular complexity index is 578. The average Bonchev–Trinajstić information content (AvgIpc) is 2.95. The van der Waals surface area contributed by atoms with Gasteiger partial charge in [-0.1, -0.05) is 44.4 Å². The Hall–Kier alpha value is -1.63. The molecule has 0 spiro atoms. The molecular weight excluding hydrogens is 276 g/mol. The first-order valence-electron chi connectivity index (χ1n) is 7.03. The number of unbranched alkanes of at least 4 members (excludes halogenated alkanes) is 1. The molecule has 20 heavy (non-hydrogen) atoms. The van der Waals surface area contributed by atoms with E-state index in [9.17, 15) is 10.1 Å². The third-order valence-electron chi connectivity index (χ3n) is 3.29. The summed E-state index contributed by atoms with van der Waals surface area (Å²) < 4.78 is 1.54. The highest BCUT2D eigenvalue weighted by molar-refractivity contribution is 7.15. The lowest BCUT2D eigenvalue weighted by Gasteiger charge is -2.17. The van der Waals surface area contributed by atoms with E-state index in [4.69, 9.17) is 0 Å². The predicted octanol–water partition coefficient (Wildman–Crippen LogP) is 4.07. The number of imidazole rings is 1. The van der Waals surface area contributed by atoms with E-state index in [1.54, 1.807) is 11.6 Å². The summed E-state index contributed by atoms with van der Waals surface area (Å²) in [4.78, 5) is 15.9. The number of hydrogen-bond donors (Lipinski definition) is 1. The van der Waals surface area contributed by atoms with Gasteiger partial charge in [-0.3, -0.25) is 0 Å². The number of rotatable bonds is 8. The molecule has 2 rings (SSSR count). The van der Waals surface area contributed by atoms with Crippen LogP contribution in [-0.2, 0) is 0 Å². The van der Waals surface area contributed by atoms with Crippen molar-refractivity contribution in [3.05, 3.63) is 21.7 Å². The van der Waals surface area contributed by atoms with Crippen molar-refractivity contribution in [2.75, 3.05) is 5.32 Å². The largest absolute Gasteiger partial charge is 0.372 e. The van der Waals surface area contributed by atoms with Crippen LogP contribution in [0.1, 0.15) is 46.0 Å². The number of thiazole rings is 1. The molecule has 0 aliphatic carbocycles. The minimum absolute atomic E-state index is 0.0406. The number of aromatic nitrogens is 2. The molecule has 7 heteroatoms. The minimum atomic E-state index is -0.363. The number of nitrogens with one attached hydrogen (secondary N) is 1. The van der Waals surface area contributed by atoms with Crippen LogP contribution >= 0.6 is 11.3 Å². The van der Waals surface area contributed by atoms with Gasteiger partial charge in [0, 0.05) is 11.4 Å². The Labute approximate surface area is 122 Å². The monoisotopic (exact) mass is 296 g/mol. The Morgan fingerprint density at radius 2 is 2.25 bits per heavy atom. The van der Waals surface area contributed by atoms with Crippen LogP contribution < -0.4 is 5.32 Å². The van der Waals surface area contributed by atoms with Crippen molar-refractivity contribution in [1.82, 2.24) is 9.38 Å². The number of nitro groups is 1. The third kappa shape index (κ3) is 3.09. The van der Waals surface area contributed by atoms with Crippen LogP contribution in [0.25, 0.3) is 4.96 Å². The number of nitrogens with zero attached hydrogens (tertiary/aromatic N) is 3. The van der Waals surface area contributed by atoms with Crippen molar-refractivity contribution in [1.29, 1.82) is 0 Å². The van der Waals surface area contributed by atoms with Gasteiger partial charge in [0.1, 0.15) is 6.20 Å². The van der Waals surface area contributed by atoms with Gasteiger partial charge in [0.2, 0.25) is 5.82 Å². The van der Waals surface area contributed by atoms with Gasteiger partial charge in [0.25, 0.3) is 4.96 Å². The summed E-state index contributed by atoms with van der Waals surface area (Å²) in [6.45, 7) is 4.28. The summed E-state index contributed by atoms with van der Waals surface area (Å²) in [5.74, 6) is 0.440. The molecule has 0 amide bonds. The molecule has 0 bridgehead atoms. The zero-order valence-electron chi connectivity index (χ0n) is 11.8. The van der Waals surface area contributed by atoms with E-state index >= 15 is 0 Å². The zero-order valence-corrected chi connectivity index (χ0v) is 12.7. The van der Waals surface area contributed by atoms with Crippen molar-refractivity contribution in [2.24, 2.45) is 0 Å². The molecule has 0 aromatic carbocycles. The van der Waals surface area contributed by atoms with Crippen LogP contribution in [-0.4, -0.2) is 20.3 Å². The molecular formula is C13H20N4O2S. The van der Waals surface area contributed by atoms with Gasteiger partial charge in [-0.25, -0.2) is 0 Å². The third-order valence-corrected chi connectivity index (χ3v) is 4.05. The second-order valence-corrected chi connectivity index (χ2v) is 5.74. The number of anilines is 1. The quantitative estimate of drug-likeness (QED) is 0.588. The van der Waals surface area contributed by atoms with E-state index in [0.717, 1.165) is 32.1 Å². The molecule has 0 saturated carbocycles. The summed E-state index contributed by atoms with van der Waals surface area (Å²) in [6, 6.07) is 0.253. The molecule has 0 saturated heterocycles. The van der Waals surface area contributed by atoms with E-state index < -0.39 is 0 Å². The molecule has 2 heterocycles. The maximum Gasteiger partial charge on any atom is 0.372 e. The lowest BCUT2D eigenvalue weighted by molar-refractivity contribution is -0.389. The Balaban J connectivity index is 2.24. The molecule has 1 N–H and O–H groups in total. The Kier molecular flexibility index (Phi) is 4.94. The molecule has 110 valence electrons. The highest BCUT2D eigenvalue weighted by Crippen LogP contribution is 2.29. The maximum atomic E-state index is 11.3. The molecule has 2 aromatic heterocycles. The first-order chi connectivity index (χ1) is 9.67. The molecule has 6 nitrogen and oxygen atoms in total. The molecule has 0 fully saturated rings. The summed E-state index contributed by atoms with van der Waals surface area (Å²) in [5.41, 5.74) is 0. The zero-order chi connectivity index (χ0) is 14.5. The van der Waals surface area contributed by atoms with Gasteiger partial charge in [0.15, 0.2) is 0 Å². The Morgan fingerprint density at radius 1 is 1.45 bits per heavy atom. The van der Waals surface area contributed by atoms with E-state index in [0.29, 0.717) is 10.8 Å². The molecule has 1 unspecified atom stereocenters. The molecule has 0 aliphatic heterocycles. The maximum absolute atomic E-state index is 11.3. The van der Waals surface area contributed by atoms with Gasteiger partial charge in [-0.05, 0) is 17.8 Å². The van der Waals surface area contributed by atoms with Gasteiger partial charge >= 0.3 is 5.82 Å². The summed E-state index contributed by atoms with van der Waals surface area (Å²) in [6.07, 6.45) is 7.01. The van der Waals surface area contributed by atoms with Crippen molar-refractivity contribution in [3.63, 3.8) is 0 Å². The van der Waals surface area contributed by atoms with E-state index in [2.05, 4.69) is 24.1 Å². The number of hydrogen-bond acceptors (Lipinski definition) is 5. The second-order valence-electron chi connectivity index (χ2n) is 4.87. The van der Waals surface area contributed by atoms with Crippen molar-refractivity contribution in [2.45, 2.75) is 52.0 Å². The smallest absolute Gasteiger partial charge is 0.360 e. The molecule has 0 radical (unpaired) electrons. The highest BCUT2D eigenvalue weighted by atomic mass is 32.1. The minimum Gasteiger partial charge on any atom is -0.360 e. The average molecular weight is 296 g/mol. The first kappa shape index (κ1) is 14.8. The Morgan fingerprint density at radius 3 is 2.90 bits per heavy atom. The second kappa shape index (κ2) is 6.69. The molecule has 1 atom stereocenters. The van der Waals surface area contributed by atoms with Crippen LogP contribution in [0.5, 0.6) is 0 Å². The van der Waals surface area contributed by atoms with Gasteiger partial charge in [-0.15, -0.1) is 0 Å². The standard InChI is InChI=1S/C13H20N4O2S/c1-3-5-7-10(6-4-2)14-11-12(17(18)19)16-8-9-20-13(16)15-11/h8-10,14H,3-7H2,1-2H3. The van der Waals surface area contributed by atoms with Crippen LogP contribution in [0.4, 0.5) is 11.6 Å². The van der Waals surface area contributed by atoms with E-state index in [1.165, 1.54) is 15.7 Å². The lowest BCUT2D eigenvalue weighted by atomic mass is 10.1. The SMILES string of the molecule is CCCCC(CCC)Nc1nc2sccn2c1[N+](=O)[O-]. The van der Waals surface area contributed by atoms with Crippen molar-refractivity contribution in [3.8, 4) is 0 Å². The van der Waals surface area contributed by atoms with Crippen LogP contribution in [0.15, 0.2) is 11.6 Å². The highest BCUT2D eigenvalue weighted by Gasteiger charge is 2.25. The fourth-order valence-electron chi connectivity index (χ4n) is 2.33. The first-order valence-corrected chi connectivity index (χ1v) is 7.91. The number of fused-ring (bicyclic) bond motifs is 1. The van der Waals surface area contributed by atoms with E-state index in [-0.39, 0.29) is 16.8 Å². The fourth-order valence-corrected chi connectivity index (χ4v) is 3.04. The summed E-state index contributed by atoms with van der Waals surface area (Å²) in [7, 11) is 0. The van der Waals surface area contributed by atoms with Gasteiger partial charge < -0.3 is 15.4 Å². The lowest BCUT2D eigenvalue weighted by Crippen LogP contribution is -2.20. The van der Waals surface area contributed by atoms with Crippen molar-refractivity contribution >= 4 is 27.9 Å². The van der Waals surface area contributed by atoms with Crippen LogP contribution in [0.2, 0.25) is 0 Å². The van der Waals surface area contributed by atoms with Crippen LogP contribution in [0.3, 0.4) is 0 Å². The van der Waals surface area contributed by atoms with Gasteiger partial charge in [-0.2, -0.15) is 9.38 Å². The molecule has 2 aromatic rings. The topological polar surface area (TPSA) is 72.5 Å². The van der Waals surface area contributed by atoms with E-state index in [1.807, 2.05) is 0 Å². The van der Waals surface area contributed by atoms with Gasteiger partial charge in [0.05, 0.1) is 0 Å².